The van der Waals surface area contributed by atoms with E-state index >= 15 is 0 Å². The van der Waals surface area contributed by atoms with Gasteiger partial charge >= 0.3 is 5.97 Å². The fourth-order valence-corrected chi connectivity index (χ4v) is 1.74. The van der Waals surface area contributed by atoms with Crippen molar-refractivity contribution in [1.29, 1.82) is 0 Å². The van der Waals surface area contributed by atoms with Crippen molar-refractivity contribution in [2.45, 2.75) is 39.2 Å². The number of aliphatic carboxylic acids is 1. The quantitative estimate of drug-likeness (QED) is 0.752. The Balaban J connectivity index is 2.35. The third kappa shape index (κ3) is 5.34. The Hall–Kier alpha value is -1.98. The van der Waals surface area contributed by atoms with Gasteiger partial charge in [0.2, 0.25) is 5.95 Å². The van der Waals surface area contributed by atoms with Crippen molar-refractivity contribution in [3.05, 3.63) is 29.8 Å². The average molecular weight is 282 g/mol. The van der Waals surface area contributed by atoms with Gasteiger partial charge in [0.15, 0.2) is 0 Å². The van der Waals surface area contributed by atoms with E-state index in [1.807, 2.05) is 6.92 Å². The predicted molar refractivity (Wildman–Crippen MR) is 71.8 cm³/mol. The molecule has 110 valence electrons. The summed E-state index contributed by atoms with van der Waals surface area (Å²) < 4.78 is 12.6. The number of hydrogen-bond donors (Lipinski definition) is 2. The Bertz CT molecular complexity index is 462. The number of carboxylic acids is 1. The number of halogens is 1. The minimum atomic E-state index is -0.806. The maximum absolute atomic E-state index is 12.6. The molecule has 2 unspecified atom stereocenters. The van der Waals surface area contributed by atoms with Crippen LogP contribution >= 0.6 is 0 Å². The number of rotatable bonds is 7. The van der Waals surface area contributed by atoms with Crippen molar-refractivity contribution in [3.63, 3.8) is 0 Å². The van der Waals surface area contributed by atoms with Crippen molar-refractivity contribution in [3.8, 4) is 0 Å². The van der Waals surface area contributed by atoms with Gasteiger partial charge in [-0.05, 0) is 31.9 Å². The lowest BCUT2D eigenvalue weighted by Gasteiger charge is -2.14. The summed E-state index contributed by atoms with van der Waals surface area (Å²) in [5, 5.41) is 11.5. The monoisotopic (exact) mass is 282 g/mol. The summed E-state index contributed by atoms with van der Waals surface area (Å²) in [5.74, 6) is -2.12. The first kappa shape index (κ1) is 16.1. The van der Waals surface area contributed by atoms with E-state index < -0.39 is 11.9 Å². The largest absolute Gasteiger partial charge is 0.481 e. The molecule has 2 atom stereocenters. The van der Waals surface area contributed by atoms with Gasteiger partial charge in [0.25, 0.3) is 5.91 Å². The molecule has 5 nitrogen and oxygen atoms in total. The van der Waals surface area contributed by atoms with E-state index in [1.165, 1.54) is 12.3 Å². The summed E-state index contributed by atoms with van der Waals surface area (Å²) in [4.78, 5) is 25.9. The zero-order valence-electron chi connectivity index (χ0n) is 11.6. The molecule has 0 saturated heterocycles. The first-order valence-corrected chi connectivity index (χ1v) is 6.55. The molecule has 0 aliphatic carbocycles. The van der Waals surface area contributed by atoms with Gasteiger partial charge in [-0.3, -0.25) is 9.59 Å². The molecule has 0 spiro atoms. The van der Waals surface area contributed by atoms with Crippen LogP contribution in [0.15, 0.2) is 18.3 Å². The number of aromatic nitrogens is 1. The summed E-state index contributed by atoms with van der Waals surface area (Å²) in [6.07, 6.45) is 3.17. The second kappa shape index (κ2) is 7.57. The number of pyridine rings is 1. The first-order chi connectivity index (χ1) is 9.40. The molecule has 6 heteroatoms. The minimum absolute atomic E-state index is 0.0754. The van der Waals surface area contributed by atoms with Gasteiger partial charge in [-0.25, -0.2) is 4.98 Å². The van der Waals surface area contributed by atoms with Crippen LogP contribution < -0.4 is 5.32 Å². The van der Waals surface area contributed by atoms with Crippen LogP contribution in [0.4, 0.5) is 4.39 Å². The molecule has 0 aromatic carbocycles. The smallest absolute Gasteiger partial charge is 0.306 e. The van der Waals surface area contributed by atoms with Gasteiger partial charge in [0.05, 0.1) is 11.5 Å². The van der Waals surface area contributed by atoms with Gasteiger partial charge in [0, 0.05) is 12.2 Å². The van der Waals surface area contributed by atoms with Gasteiger partial charge in [-0.2, -0.15) is 4.39 Å². The van der Waals surface area contributed by atoms with Gasteiger partial charge in [0.1, 0.15) is 0 Å². The number of hydrogen-bond acceptors (Lipinski definition) is 3. The van der Waals surface area contributed by atoms with Crippen LogP contribution in [0.25, 0.3) is 0 Å². The van der Waals surface area contributed by atoms with E-state index in [9.17, 15) is 14.0 Å². The number of carbonyl (C=O) groups is 2. The summed E-state index contributed by atoms with van der Waals surface area (Å²) in [6.45, 7) is 3.51. The topological polar surface area (TPSA) is 79.3 Å². The van der Waals surface area contributed by atoms with E-state index in [0.717, 1.165) is 12.5 Å². The Morgan fingerprint density at radius 2 is 2.05 bits per heavy atom. The number of nitrogens with zero attached hydrogens (tertiary/aromatic N) is 1. The minimum Gasteiger partial charge on any atom is -0.481 e. The number of carboxylic acid groups (broad SMARTS) is 1. The fourth-order valence-electron chi connectivity index (χ4n) is 1.74. The molecule has 1 heterocycles. The molecule has 2 N–H and O–H groups in total. The van der Waals surface area contributed by atoms with Gasteiger partial charge in [-0.15, -0.1) is 0 Å². The molecule has 1 rings (SSSR count). The molecule has 0 aliphatic rings. The van der Waals surface area contributed by atoms with Crippen molar-refractivity contribution in [2.24, 2.45) is 5.92 Å². The average Bonchev–Trinajstić information content (AvgIpc) is 2.39. The Morgan fingerprint density at radius 3 is 2.60 bits per heavy atom. The summed E-state index contributed by atoms with van der Waals surface area (Å²) >= 11 is 0. The van der Waals surface area contributed by atoms with E-state index in [-0.39, 0.29) is 17.9 Å². The number of amides is 1. The molecule has 0 saturated carbocycles. The van der Waals surface area contributed by atoms with E-state index in [1.54, 1.807) is 6.92 Å². The zero-order chi connectivity index (χ0) is 15.1. The summed E-state index contributed by atoms with van der Waals surface area (Å²) in [7, 11) is 0. The highest BCUT2D eigenvalue weighted by molar-refractivity contribution is 5.93. The Kier molecular flexibility index (Phi) is 6.09. The zero-order valence-corrected chi connectivity index (χ0v) is 11.6. The van der Waals surface area contributed by atoms with Crippen molar-refractivity contribution >= 4 is 11.9 Å². The number of nitrogens with one attached hydrogen (secondary N) is 1. The molecular weight excluding hydrogens is 263 g/mol. The van der Waals surface area contributed by atoms with Crippen LogP contribution in [-0.4, -0.2) is 28.0 Å². The highest BCUT2D eigenvalue weighted by Crippen LogP contribution is 2.10. The summed E-state index contributed by atoms with van der Waals surface area (Å²) in [6, 6.07) is 2.43. The third-order valence-corrected chi connectivity index (χ3v) is 3.06. The Labute approximate surface area is 117 Å². The van der Waals surface area contributed by atoms with Gasteiger partial charge < -0.3 is 10.4 Å². The lowest BCUT2D eigenvalue weighted by molar-refractivity contribution is -0.141. The van der Waals surface area contributed by atoms with Crippen LogP contribution in [-0.2, 0) is 4.79 Å². The molecule has 0 aliphatic heterocycles. The van der Waals surface area contributed by atoms with Crippen molar-refractivity contribution in [1.82, 2.24) is 10.3 Å². The van der Waals surface area contributed by atoms with Gasteiger partial charge in [-0.1, -0.05) is 13.3 Å². The molecule has 1 aromatic heterocycles. The first-order valence-electron chi connectivity index (χ1n) is 6.55. The number of carbonyl (C=O) groups excluding carboxylic acids is 1. The second-order valence-corrected chi connectivity index (χ2v) is 4.91. The van der Waals surface area contributed by atoms with Crippen LogP contribution in [0.1, 0.15) is 43.5 Å². The van der Waals surface area contributed by atoms with Crippen LogP contribution in [0.2, 0.25) is 0 Å². The highest BCUT2D eigenvalue weighted by Gasteiger charge is 2.13. The van der Waals surface area contributed by atoms with E-state index in [0.29, 0.717) is 18.4 Å². The van der Waals surface area contributed by atoms with Crippen molar-refractivity contribution in [2.75, 3.05) is 0 Å². The molecule has 0 fully saturated rings. The van der Waals surface area contributed by atoms with Crippen LogP contribution in [0, 0.1) is 11.9 Å². The molecule has 0 radical (unpaired) electrons. The lowest BCUT2D eigenvalue weighted by atomic mass is 10.0. The van der Waals surface area contributed by atoms with Crippen LogP contribution in [0.5, 0.6) is 0 Å². The lowest BCUT2D eigenvalue weighted by Crippen LogP contribution is -2.32. The Morgan fingerprint density at radius 1 is 1.35 bits per heavy atom. The fraction of sp³-hybridized carbons (Fsp3) is 0.500. The standard InChI is InChI=1S/C14H19FN2O3/c1-9(14(19)20)4-3-5-10(2)17-13(18)11-6-7-12(15)16-8-11/h6-10H,3-5H2,1-2H3,(H,17,18)(H,19,20). The highest BCUT2D eigenvalue weighted by atomic mass is 19.1. The molecule has 1 aromatic rings. The van der Waals surface area contributed by atoms with E-state index in [2.05, 4.69) is 10.3 Å². The van der Waals surface area contributed by atoms with Crippen molar-refractivity contribution < 1.29 is 19.1 Å². The third-order valence-electron chi connectivity index (χ3n) is 3.06. The predicted octanol–water partition coefficient (Wildman–Crippen LogP) is 2.23. The van der Waals surface area contributed by atoms with E-state index in [4.69, 9.17) is 5.11 Å². The summed E-state index contributed by atoms with van der Waals surface area (Å²) in [5.41, 5.74) is 0.303. The second-order valence-electron chi connectivity index (χ2n) is 4.91. The SMILES string of the molecule is CC(CCCC(C)C(=O)O)NC(=O)c1ccc(F)nc1. The molecule has 1 amide bonds. The normalized spacial score (nSPS) is 13.6. The van der Waals surface area contributed by atoms with Crippen LogP contribution in [0.3, 0.4) is 0 Å². The maximum Gasteiger partial charge on any atom is 0.306 e. The maximum atomic E-state index is 12.6. The molecule has 0 bridgehead atoms. The molecule has 20 heavy (non-hydrogen) atoms. The molecular formula is C14H19FN2O3.